The Morgan fingerprint density at radius 2 is 1.69 bits per heavy atom. The maximum Gasteiger partial charge on any atom is 0.258 e. The minimum Gasteiger partial charge on any atom is -0.323 e. The third-order valence-electron chi connectivity index (χ3n) is 3.79. The van der Waals surface area contributed by atoms with E-state index in [2.05, 4.69) is 5.32 Å². The molecule has 4 nitrogen and oxygen atoms in total. The summed E-state index contributed by atoms with van der Waals surface area (Å²) >= 11 is 1.57. The summed E-state index contributed by atoms with van der Waals surface area (Å²) in [6, 6.07) is 20.2. The molecule has 0 aliphatic rings. The molecule has 2 aromatic carbocycles. The van der Waals surface area contributed by atoms with Crippen molar-refractivity contribution >= 4 is 40.6 Å². The van der Waals surface area contributed by atoms with E-state index in [1.807, 2.05) is 47.8 Å². The molecule has 3 aromatic rings. The molecule has 26 heavy (non-hydrogen) atoms. The van der Waals surface area contributed by atoms with Gasteiger partial charge in [0.1, 0.15) is 0 Å². The van der Waals surface area contributed by atoms with Crippen molar-refractivity contribution in [1.82, 2.24) is 0 Å². The van der Waals surface area contributed by atoms with Gasteiger partial charge in [-0.15, -0.1) is 11.3 Å². The van der Waals surface area contributed by atoms with Crippen molar-refractivity contribution in [2.24, 2.45) is 0 Å². The predicted molar refractivity (Wildman–Crippen MR) is 108 cm³/mol. The third kappa shape index (κ3) is 4.46. The number of carbonyl (C=O) groups excluding carboxylic acids is 2. The van der Waals surface area contributed by atoms with Crippen molar-refractivity contribution < 1.29 is 9.59 Å². The average molecular weight is 362 g/mol. The highest BCUT2D eigenvalue weighted by Crippen LogP contribution is 2.17. The van der Waals surface area contributed by atoms with E-state index >= 15 is 0 Å². The molecule has 0 aliphatic heterocycles. The average Bonchev–Trinajstić information content (AvgIpc) is 3.20. The molecule has 130 valence electrons. The highest BCUT2D eigenvalue weighted by atomic mass is 32.1. The van der Waals surface area contributed by atoms with Gasteiger partial charge in [0.25, 0.3) is 5.91 Å². The smallest absolute Gasteiger partial charge is 0.258 e. The minimum atomic E-state index is -0.209. The largest absolute Gasteiger partial charge is 0.323 e. The lowest BCUT2D eigenvalue weighted by Gasteiger charge is -2.17. The second-order valence-corrected chi connectivity index (χ2v) is 6.59. The number of hydrogen-bond acceptors (Lipinski definition) is 3. The molecule has 0 atom stereocenters. The number of nitrogens with one attached hydrogen (secondary N) is 1. The van der Waals surface area contributed by atoms with Crippen LogP contribution in [0.3, 0.4) is 0 Å². The van der Waals surface area contributed by atoms with Gasteiger partial charge in [-0.3, -0.25) is 9.59 Å². The maximum absolute atomic E-state index is 12.5. The van der Waals surface area contributed by atoms with Gasteiger partial charge in [-0.05, 0) is 53.9 Å². The van der Waals surface area contributed by atoms with Crippen LogP contribution in [0.25, 0.3) is 6.08 Å². The van der Waals surface area contributed by atoms with Crippen LogP contribution in [0.2, 0.25) is 0 Å². The van der Waals surface area contributed by atoms with E-state index in [1.54, 1.807) is 53.6 Å². The van der Waals surface area contributed by atoms with Crippen molar-refractivity contribution in [3.63, 3.8) is 0 Å². The first kappa shape index (κ1) is 17.6. The number of carbonyl (C=O) groups is 2. The summed E-state index contributed by atoms with van der Waals surface area (Å²) in [7, 11) is 1.74. The lowest BCUT2D eigenvalue weighted by Crippen LogP contribution is -2.26. The van der Waals surface area contributed by atoms with Gasteiger partial charge >= 0.3 is 0 Å². The highest BCUT2D eigenvalue weighted by molar-refractivity contribution is 7.10. The van der Waals surface area contributed by atoms with Crippen LogP contribution in [0, 0.1) is 0 Å². The van der Waals surface area contributed by atoms with E-state index in [0.29, 0.717) is 11.3 Å². The van der Waals surface area contributed by atoms with E-state index in [0.717, 1.165) is 10.6 Å². The fourth-order valence-electron chi connectivity index (χ4n) is 2.39. The van der Waals surface area contributed by atoms with Gasteiger partial charge in [0.2, 0.25) is 5.91 Å². The Hall–Kier alpha value is -3.18. The maximum atomic E-state index is 12.5. The standard InChI is InChI=1S/C21H18N2O2S/c1-23(18-6-3-2-4-7-18)21(25)16-9-11-17(12-10-16)22-20(24)14-13-19-8-5-15-26-19/h2-15H,1H3,(H,22,24)/b14-13+. The summed E-state index contributed by atoms with van der Waals surface area (Å²) in [6.45, 7) is 0. The molecule has 0 bridgehead atoms. The van der Waals surface area contributed by atoms with E-state index in [1.165, 1.54) is 6.08 Å². The van der Waals surface area contributed by atoms with Crippen LogP contribution in [-0.4, -0.2) is 18.9 Å². The molecule has 1 N–H and O–H groups in total. The molecule has 3 rings (SSSR count). The minimum absolute atomic E-state index is 0.105. The molecule has 0 radical (unpaired) electrons. The number of thiophene rings is 1. The zero-order valence-electron chi connectivity index (χ0n) is 14.3. The summed E-state index contributed by atoms with van der Waals surface area (Å²) in [5.41, 5.74) is 2.03. The van der Waals surface area contributed by atoms with Gasteiger partial charge in [-0.1, -0.05) is 24.3 Å². The van der Waals surface area contributed by atoms with Crippen molar-refractivity contribution in [3.05, 3.63) is 88.6 Å². The summed E-state index contributed by atoms with van der Waals surface area (Å²) in [4.78, 5) is 27.1. The first-order chi connectivity index (χ1) is 12.6. The zero-order valence-corrected chi connectivity index (χ0v) is 15.1. The summed E-state index contributed by atoms with van der Waals surface area (Å²) in [6.07, 6.45) is 3.26. The number of para-hydroxylation sites is 1. The summed E-state index contributed by atoms with van der Waals surface area (Å²) in [5.74, 6) is -0.314. The van der Waals surface area contributed by atoms with Crippen molar-refractivity contribution in [3.8, 4) is 0 Å². The Morgan fingerprint density at radius 3 is 2.35 bits per heavy atom. The van der Waals surface area contributed by atoms with Gasteiger partial charge in [0, 0.05) is 34.9 Å². The lowest BCUT2D eigenvalue weighted by atomic mass is 10.1. The van der Waals surface area contributed by atoms with Crippen molar-refractivity contribution in [2.45, 2.75) is 0 Å². The SMILES string of the molecule is CN(C(=O)c1ccc(NC(=O)/C=C/c2cccs2)cc1)c1ccccc1. The Labute approximate surface area is 156 Å². The quantitative estimate of drug-likeness (QED) is 0.670. The first-order valence-electron chi connectivity index (χ1n) is 8.09. The van der Waals surface area contributed by atoms with Crippen molar-refractivity contribution in [2.75, 3.05) is 17.3 Å². The second-order valence-electron chi connectivity index (χ2n) is 5.62. The summed E-state index contributed by atoms with van der Waals surface area (Å²) < 4.78 is 0. The molecule has 1 aromatic heterocycles. The fourth-order valence-corrected chi connectivity index (χ4v) is 3.00. The van der Waals surface area contributed by atoms with Crippen LogP contribution in [0.4, 0.5) is 11.4 Å². The summed E-state index contributed by atoms with van der Waals surface area (Å²) in [5, 5.41) is 4.74. The monoisotopic (exact) mass is 362 g/mol. The van der Waals surface area contributed by atoms with E-state index in [4.69, 9.17) is 0 Å². The first-order valence-corrected chi connectivity index (χ1v) is 8.97. The molecule has 0 aliphatic carbocycles. The molecule has 2 amide bonds. The van der Waals surface area contributed by atoms with Gasteiger partial charge < -0.3 is 10.2 Å². The molecule has 0 saturated heterocycles. The molecular weight excluding hydrogens is 344 g/mol. The molecule has 1 heterocycles. The topological polar surface area (TPSA) is 49.4 Å². The van der Waals surface area contributed by atoms with E-state index < -0.39 is 0 Å². The number of benzene rings is 2. The van der Waals surface area contributed by atoms with E-state index in [-0.39, 0.29) is 11.8 Å². The van der Waals surface area contributed by atoms with Crippen LogP contribution in [0.5, 0.6) is 0 Å². The Balaban J connectivity index is 1.63. The molecule has 0 saturated carbocycles. The Bertz CT molecular complexity index is 901. The third-order valence-corrected chi connectivity index (χ3v) is 4.63. The fraction of sp³-hybridized carbons (Fsp3) is 0.0476. The van der Waals surface area contributed by atoms with Gasteiger partial charge in [-0.25, -0.2) is 0 Å². The predicted octanol–water partition coefficient (Wildman–Crippen LogP) is 4.68. The normalized spacial score (nSPS) is 10.7. The van der Waals surface area contributed by atoms with E-state index in [9.17, 15) is 9.59 Å². The Kier molecular flexibility index (Phi) is 5.61. The second kappa shape index (κ2) is 8.27. The molecule has 0 spiro atoms. The van der Waals surface area contributed by atoms with Crippen LogP contribution >= 0.6 is 11.3 Å². The number of hydrogen-bond donors (Lipinski definition) is 1. The lowest BCUT2D eigenvalue weighted by molar-refractivity contribution is -0.111. The van der Waals surface area contributed by atoms with Crippen LogP contribution in [-0.2, 0) is 4.79 Å². The number of anilines is 2. The van der Waals surface area contributed by atoms with Crippen molar-refractivity contribution in [1.29, 1.82) is 0 Å². The highest BCUT2D eigenvalue weighted by Gasteiger charge is 2.13. The Morgan fingerprint density at radius 1 is 0.962 bits per heavy atom. The molecule has 5 heteroatoms. The van der Waals surface area contributed by atoms with Gasteiger partial charge in [0.15, 0.2) is 0 Å². The van der Waals surface area contributed by atoms with Gasteiger partial charge in [0.05, 0.1) is 0 Å². The number of nitrogens with zero attached hydrogens (tertiary/aromatic N) is 1. The zero-order chi connectivity index (χ0) is 18.4. The molecular formula is C21H18N2O2S. The van der Waals surface area contributed by atoms with Crippen LogP contribution in [0.15, 0.2) is 78.2 Å². The van der Waals surface area contributed by atoms with Gasteiger partial charge in [-0.2, -0.15) is 0 Å². The van der Waals surface area contributed by atoms with Crippen LogP contribution in [0.1, 0.15) is 15.2 Å². The number of amides is 2. The van der Waals surface area contributed by atoms with Crippen LogP contribution < -0.4 is 10.2 Å². The number of rotatable bonds is 5. The molecule has 0 unspecified atom stereocenters. The molecule has 0 fully saturated rings.